The van der Waals surface area contributed by atoms with E-state index in [1.807, 2.05) is 24.0 Å². The first-order valence-electron chi connectivity index (χ1n) is 8.75. The highest BCUT2D eigenvalue weighted by atomic mass is 16.5. The molecule has 3 rings (SSSR count). The fourth-order valence-electron chi connectivity index (χ4n) is 3.84. The molecule has 138 valence electrons. The SMILES string of the molecule is COc1cc(C)ccc1C(=O)N1CCC2(CC1)C[C@](C)(O)[C@@H](O)CO2. The average Bonchev–Trinajstić information content (AvgIpc) is 2.58. The van der Waals surface area contributed by atoms with Crippen molar-refractivity contribution in [3.63, 3.8) is 0 Å². The molecule has 0 unspecified atom stereocenters. The number of carbonyl (C=O) groups excluding carboxylic acids is 1. The minimum atomic E-state index is -1.15. The molecule has 1 aromatic rings. The second kappa shape index (κ2) is 6.59. The second-order valence-electron chi connectivity index (χ2n) is 7.54. The van der Waals surface area contributed by atoms with E-state index < -0.39 is 17.3 Å². The molecule has 2 saturated heterocycles. The Labute approximate surface area is 148 Å². The zero-order chi connectivity index (χ0) is 18.2. The molecule has 2 fully saturated rings. The highest BCUT2D eigenvalue weighted by Crippen LogP contribution is 2.40. The predicted octanol–water partition coefficient (Wildman–Crippen LogP) is 1.51. The number of piperidine rings is 1. The van der Waals surface area contributed by atoms with E-state index in [0.717, 1.165) is 5.56 Å². The van der Waals surface area contributed by atoms with Crippen molar-refractivity contribution in [1.82, 2.24) is 4.90 Å². The van der Waals surface area contributed by atoms with Gasteiger partial charge in [0.1, 0.15) is 11.9 Å². The van der Waals surface area contributed by atoms with E-state index in [2.05, 4.69) is 0 Å². The van der Waals surface area contributed by atoms with E-state index in [4.69, 9.17) is 9.47 Å². The summed E-state index contributed by atoms with van der Waals surface area (Å²) in [6.07, 6.45) is 0.817. The number of carbonyl (C=O) groups is 1. The molecule has 1 amide bonds. The van der Waals surface area contributed by atoms with Crippen LogP contribution >= 0.6 is 0 Å². The fourth-order valence-corrected chi connectivity index (χ4v) is 3.84. The van der Waals surface area contributed by atoms with Gasteiger partial charge in [-0.15, -0.1) is 0 Å². The minimum absolute atomic E-state index is 0.0469. The van der Waals surface area contributed by atoms with Crippen LogP contribution in [0.15, 0.2) is 18.2 Å². The molecule has 2 aliphatic heterocycles. The van der Waals surface area contributed by atoms with E-state index in [1.165, 1.54) is 0 Å². The molecule has 0 saturated carbocycles. The van der Waals surface area contributed by atoms with Gasteiger partial charge in [-0.05, 0) is 44.4 Å². The van der Waals surface area contributed by atoms with Crippen molar-refractivity contribution in [2.75, 3.05) is 26.8 Å². The molecule has 0 radical (unpaired) electrons. The van der Waals surface area contributed by atoms with Crippen LogP contribution in [0.25, 0.3) is 0 Å². The molecule has 1 spiro atoms. The maximum absolute atomic E-state index is 12.9. The summed E-state index contributed by atoms with van der Waals surface area (Å²) in [7, 11) is 1.57. The third kappa shape index (κ3) is 3.52. The largest absolute Gasteiger partial charge is 0.496 e. The Kier molecular flexibility index (Phi) is 4.79. The number of likely N-dealkylation sites (tertiary alicyclic amines) is 1. The first kappa shape index (κ1) is 18.2. The van der Waals surface area contributed by atoms with Crippen LogP contribution in [0, 0.1) is 6.92 Å². The zero-order valence-electron chi connectivity index (χ0n) is 15.1. The zero-order valence-corrected chi connectivity index (χ0v) is 15.1. The van der Waals surface area contributed by atoms with Crippen molar-refractivity contribution in [3.05, 3.63) is 29.3 Å². The van der Waals surface area contributed by atoms with Crippen LogP contribution in [-0.2, 0) is 4.74 Å². The molecule has 0 aliphatic carbocycles. The highest BCUT2D eigenvalue weighted by Gasteiger charge is 2.49. The van der Waals surface area contributed by atoms with Gasteiger partial charge in [-0.25, -0.2) is 0 Å². The molecule has 0 aromatic heterocycles. The molecule has 2 N–H and O–H groups in total. The molecule has 6 heteroatoms. The Morgan fingerprint density at radius 1 is 1.36 bits per heavy atom. The Morgan fingerprint density at radius 2 is 2.04 bits per heavy atom. The number of ether oxygens (including phenoxy) is 2. The summed E-state index contributed by atoms with van der Waals surface area (Å²) in [5, 5.41) is 20.2. The normalized spacial score (nSPS) is 28.8. The van der Waals surface area contributed by atoms with Crippen LogP contribution < -0.4 is 4.74 Å². The van der Waals surface area contributed by atoms with E-state index in [9.17, 15) is 15.0 Å². The topological polar surface area (TPSA) is 79.2 Å². The summed E-state index contributed by atoms with van der Waals surface area (Å²) >= 11 is 0. The van der Waals surface area contributed by atoms with Gasteiger partial charge < -0.3 is 24.6 Å². The first-order chi connectivity index (χ1) is 11.8. The van der Waals surface area contributed by atoms with E-state index in [0.29, 0.717) is 43.7 Å². The Morgan fingerprint density at radius 3 is 2.64 bits per heavy atom. The Balaban J connectivity index is 1.69. The number of hydrogen-bond donors (Lipinski definition) is 2. The van der Waals surface area contributed by atoms with Crippen LogP contribution in [0.5, 0.6) is 5.75 Å². The fraction of sp³-hybridized carbons (Fsp3) is 0.632. The lowest BCUT2D eigenvalue weighted by Crippen LogP contribution is -2.59. The monoisotopic (exact) mass is 349 g/mol. The maximum Gasteiger partial charge on any atom is 0.257 e. The summed E-state index contributed by atoms with van der Waals surface area (Å²) in [4.78, 5) is 14.7. The maximum atomic E-state index is 12.9. The van der Waals surface area contributed by atoms with Crippen molar-refractivity contribution < 1.29 is 24.5 Å². The van der Waals surface area contributed by atoms with Gasteiger partial charge in [-0.2, -0.15) is 0 Å². The first-order valence-corrected chi connectivity index (χ1v) is 8.75. The molecule has 1 aromatic carbocycles. The number of nitrogens with zero attached hydrogens (tertiary/aromatic N) is 1. The number of hydrogen-bond acceptors (Lipinski definition) is 5. The summed E-state index contributed by atoms with van der Waals surface area (Å²) in [5.41, 5.74) is 0.00000651. The quantitative estimate of drug-likeness (QED) is 0.846. The summed E-state index contributed by atoms with van der Waals surface area (Å²) in [5.74, 6) is 0.541. The van der Waals surface area contributed by atoms with Gasteiger partial charge in [0, 0.05) is 19.5 Å². The van der Waals surface area contributed by atoms with Gasteiger partial charge in [-0.3, -0.25) is 4.79 Å². The number of methoxy groups -OCH3 is 1. The number of aliphatic hydroxyl groups is 2. The molecular weight excluding hydrogens is 322 g/mol. The second-order valence-corrected chi connectivity index (χ2v) is 7.54. The van der Waals surface area contributed by atoms with Crippen LogP contribution in [0.3, 0.4) is 0 Å². The number of aryl methyl sites for hydroxylation is 1. The van der Waals surface area contributed by atoms with Crippen molar-refractivity contribution in [2.24, 2.45) is 0 Å². The molecule has 0 bridgehead atoms. The standard InChI is InChI=1S/C19H27NO5/c1-13-4-5-14(15(10-13)24-3)17(22)20-8-6-19(7-9-20)12-18(2,23)16(21)11-25-19/h4-5,10,16,21,23H,6-9,11-12H2,1-3H3/t16-,18-/m0/s1. The molecule has 25 heavy (non-hydrogen) atoms. The smallest absolute Gasteiger partial charge is 0.257 e. The van der Waals surface area contributed by atoms with Gasteiger partial charge in [-0.1, -0.05) is 6.07 Å². The van der Waals surface area contributed by atoms with Crippen LogP contribution in [0.4, 0.5) is 0 Å². The summed E-state index contributed by atoms with van der Waals surface area (Å²) < 4.78 is 11.2. The van der Waals surface area contributed by atoms with Gasteiger partial charge in [0.25, 0.3) is 5.91 Å². The van der Waals surface area contributed by atoms with Gasteiger partial charge >= 0.3 is 0 Å². The van der Waals surface area contributed by atoms with E-state index in [1.54, 1.807) is 20.1 Å². The Hall–Kier alpha value is -1.63. The van der Waals surface area contributed by atoms with Crippen LogP contribution in [-0.4, -0.2) is 65.1 Å². The third-order valence-corrected chi connectivity index (χ3v) is 5.49. The van der Waals surface area contributed by atoms with Crippen molar-refractivity contribution in [2.45, 2.75) is 50.4 Å². The van der Waals surface area contributed by atoms with Gasteiger partial charge in [0.15, 0.2) is 0 Å². The molecule has 2 heterocycles. The molecule has 6 nitrogen and oxygen atoms in total. The molecule has 2 atom stereocenters. The lowest BCUT2D eigenvalue weighted by molar-refractivity contribution is -0.221. The minimum Gasteiger partial charge on any atom is -0.496 e. The number of benzene rings is 1. The number of aliphatic hydroxyl groups excluding tert-OH is 1. The van der Waals surface area contributed by atoms with Gasteiger partial charge in [0.05, 0.1) is 30.5 Å². The summed E-state index contributed by atoms with van der Waals surface area (Å²) in [6.45, 7) is 4.86. The molecule has 2 aliphatic rings. The van der Waals surface area contributed by atoms with E-state index in [-0.39, 0.29) is 12.5 Å². The van der Waals surface area contributed by atoms with Crippen LogP contribution in [0.1, 0.15) is 42.1 Å². The predicted molar refractivity (Wildman–Crippen MR) is 92.8 cm³/mol. The molecular formula is C19H27NO5. The summed E-state index contributed by atoms with van der Waals surface area (Å²) in [6, 6.07) is 5.57. The number of rotatable bonds is 2. The lowest BCUT2D eigenvalue weighted by Gasteiger charge is -2.49. The average molecular weight is 349 g/mol. The highest BCUT2D eigenvalue weighted by molar-refractivity contribution is 5.97. The van der Waals surface area contributed by atoms with Crippen molar-refractivity contribution in [3.8, 4) is 5.75 Å². The Bertz CT molecular complexity index is 649. The van der Waals surface area contributed by atoms with Gasteiger partial charge in [0.2, 0.25) is 0 Å². The van der Waals surface area contributed by atoms with Crippen LogP contribution in [0.2, 0.25) is 0 Å². The third-order valence-electron chi connectivity index (χ3n) is 5.49. The number of amides is 1. The lowest BCUT2D eigenvalue weighted by atomic mass is 9.76. The van der Waals surface area contributed by atoms with Crippen molar-refractivity contribution in [1.29, 1.82) is 0 Å². The van der Waals surface area contributed by atoms with Crippen molar-refractivity contribution >= 4 is 5.91 Å². The van der Waals surface area contributed by atoms with E-state index >= 15 is 0 Å².